The zero-order valence-electron chi connectivity index (χ0n) is 15.5. The summed E-state index contributed by atoms with van der Waals surface area (Å²) in [6.45, 7) is 2.88. The first-order valence-corrected chi connectivity index (χ1v) is 9.69. The molecule has 7 nitrogen and oxygen atoms in total. The van der Waals surface area contributed by atoms with Crippen LogP contribution in [0, 0.1) is 0 Å². The lowest BCUT2D eigenvalue weighted by molar-refractivity contribution is -0.122. The van der Waals surface area contributed by atoms with Gasteiger partial charge >= 0.3 is 0 Å². The summed E-state index contributed by atoms with van der Waals surface area (Å²) in [4.78, 5) is 25.9. The first kappa shape index (κ1) is 20.2. The van der Waals surface area contributed by atoms with Gasteiger partial charge in [-0.15, -0.1) is 0 Å². The van der Waals surface area contributed by atoms with Crippen LogP contribution in [0.25, 0.3) is 0 Å². The number of rotatable bonds is 7. The molecule has 1 heterocycles. The van der Waals surface area contributed by atoms with Crippen LogP contribution < -0.4 is 20.5 Å². The Morgan fingerprint density at radius 2 is 1.79 bits per heavy atom. The fourth-order valence-corrected chi connectivity index (χ4v) is 3.43. The van der Waals surface area contributed by atoms with Crippen LogP contribution in [0.15, 0.2) is 46.9 Å². The first-order valence-electron chi connectivity index (χ1n) is 8.90. The Morgan fingerprint density at radius 1 is 1.14 bits per heavy atom. The highest BCUT2D eigenvalue weighted by molar-refractivity contribution is 9.10. The highest BCUT2D eigenvalue weighted by Crippen LogP contribution is 2.38. The number of nitrogens with two attached hydrogens (primary N) is 1. The van der Waals surface area contributed by atoms with Crippen LogP contribution >= 0.6 is 15.9 Å². The molecule has 0 spiro atoms. The van der Waals surface area contributed by atoms with Crippen molar-refractivity contribution in [1.29, 1.82) is 0 Å². The molecule has 0 bridgehead atoms. The van der Waals surface area contributed by atoms with Crippen LogP contribution in [-0.2, 0) is 9.59 Å². The van der Waals surface area contributed by atoms with E-state index in [0.717, 1.165) is 5.56 Å². The number of carbonyl (C=O) groups excluding carboxylic acids is 2. The van der Waals surface area contributed by atoms with Crippen molar-refractivity contribution >= 4 is 33.4 Å². The first-order chi connectivity index (χ1) is 13.4. The Bertz CT molecular complexity index is 860. The van der Waals surface area contributed by atoms with Gasteiger partial charge in [0.05, 0.1) is 18.8 Å². The van der Waals surface area contributed by atoms with Gasteiger partial charge in [-0.1, -0.05) is 30.3 Å². The monoisotopic (exact) mass is 447 g/mol. The van der Waals surface area contributed by atoms with E-state index < -0.39 is 5.91 Å². The van der Waals surface area contributed by atoms with Crippen LogP contribution in [-0.4, -0.2) is 43.0 Å². The molecular weight excluding hydrogens is 426 g/mol. The molecule has 0 unspecified atom stereocenters. The number of halogens is 1. The van der Waals surface area contributed by atoms with Gasteiger partial charge in [0.2, 0.25) is 11.8 Å². The topological polar surface area (TPSA) is 93.9 Å². The van der Waals surface area contributed by atoms with Gasteiger partial charge in [-0.05, 0) is 28.4 Å². The lowest BCUT2D eigenvalue weighted by Gasteiger charge is -2.28. The van der Waals surface area contributed by atoms with Gasteiger partial charge in [0, 0.05) is 22.6 Å². The third kappa shape index (κ3) is 5.02. The van der Waals surface area contributed by atoms with E-state index in [1.165, 1.54) is 0 Å². The lowest BCUT2D eigenvalue weighted by atomic mass is 10.1. The molecule has 1 atom stereocenters. The number of hydrogen-bond donors (Lipinski definition) is 2. The van der Waals surface area contributed by atoms with Crippen molar-refractivity contribution in [2.24, 2.45) is 5.73 Å². The number of anilines is 1. The standard InChI is InChI=1S/C20H22BrN3O4/c1-13(14-5-3-2-4-6-14)24(11-19(22)25)12-20(26)23-16-10-18-17(9-15(16)21)27-7-8-28-18/h2-6,9-10,13H,7-8,11-12H2,1H3,(H2,22,25)(H,23,26)/t13-/m1/s1. The average Bonchev–Trinajstić information content (AvgIpc) is 2.68. The number of amides is 2. The van der Waals surface area contributed by atoms with E-state index in [0.29, 0.717) is 34.9 Å². The summed E-state index contributed by atoms with van der Waals surface area (Å²) in [5.41, 5.74) is 6.95. The van der Waals surface area contributed by atoms with Crippen molar-refractivity contribution in [1.82, 2.24) is 4.90 Å². The Balaban J connectivity index is 1.72. The van der Waals surface area contributed by atoms with Crippen molar-refractivity contribution in [3.05, 3.63) is 52.5 Å². The van der Waals surface area contributed by atoms with Crippen molar-refractivity contribution in [2.75, 3.05) is 31.6 Å². The molecule has 2 aromatic carbocycles. The minimum absolute atomic E-state index is 0.0138. The normalized spacial score (nSPS) is 13.8. The molecule has 28 heavy (non-hydrogen) atoms. The fraction of sp³-hybridized carbons (Fsp3) is 0.300. The second kappa shape index (κ2) is 9.07. The zero-order chi connectivity index (χ0) is 20.1. The number of primary amides is 1. The minimum Gasteiger partial charge on any atom is -0.486 e. The maximum Gasteiger partial charge on any atom is 0.238 e. The molecule has 3 N–H and O–H groups in total. The predicted molar refractivity (Wildman–Crippen MR) is 109 cm³/mol. The van der Waals surface area contributed by atoms with E-state index >= 15 is 0 Å². The lowest BCUT2D eigenvalue weighted by Crippen LogP contribution is -2.40. The number of nitrogens with one attached hydrogen (secondary N) is 1. The predicted octanol–water partition coefficient (Wildman–Crippen LogP) is 2.71. The summed E-state index contributed by atoms with van der Waals surface area (Å²) < 4.78 is 11.8. The Morgan fingerprint density at radius 3 is 2.43 bits per heavy atom. The average molecular weight is 448 g/mol. The van der Waals surface area contributed by atoms with E-state index in [1.807, 2.05) is 37.3 Å². The van der Waals surface area contributed by atoms with Crippen molar-refractivity contribution in [2.45, 2.75) is 13.0 Å². The Kier molecular flexibility index (Phi) is 6.53. The number of hydrogen-bond acceptors (Lipinski definition) is 5. The van der Waals surface area contributed by atoms with Crippen molar-refractivity contribution < 1.29 is 19.1 Å². The molecular formula is C20H22BrN3O4. The third-order valence-corrected chi connectivity index (χ3v) is 5.10. The van der Waals surface area contributed by atoms with E-state index in [2.05, 4.69) is 21.2 Å². The van der Waals surface area contributed by atoms with Crippen LogP contribution in [0.3, 0.4) is 0 Å². The second-order valence-electron chi connectivity index (χ2n) is 6.48. The van der Waals surface area contributed by atoms with Crippen LogP contribution in [0.4, 0.5) is 5.69 Å². The number of nitrogens with zero attached hydrogens (tertiary/aromatic N) is 1. The number of benzene rings is 2. The molecule has 1 aliphatic rings. The number of ether oxygens (including phenoxy) is 2. The largest absolute Gasteiger partial charge is 0.486 e. The molecule has 0 saturated carbocycles. The summed E-state index contributed by atoms with van der Waals surface area (Å²) in [5, 5.41) is 2.86. The molecule has 148 valence electrons. The van der Waals surface area contributed by atoms with Gasteiger partial charge in [0.25, 0.3) is 0 Å². The van der Waals surface area contributed by atoms with Crippen LogP contribution in [0.5, 0.6) is 11.5 Å². The molecule has 0 fully saturated rings. The van der Waals surface area contributed by atoms with Crippen molar-refractivity contribution in [3.63, 3.8) is 0 Å². The summed E-state index contributed by atoms with van der Waals surface area (Å²) in [6, 6.07) is 13.0. The van der Waals surface area contributed by atoms with Gasteiger partial charge < -0.3 is 20.5 Å². The summed E-state index contributed by atoms with van der Waals surface area (Å²) in [7, 11) is 0. The van der Waals surface area contributed by atoms with Gasteiger partial charge in [-0.3, -0.25) is 14.5 Å². The van der Waals surface area contributed by atoms with E-state index in [-0.39, 0.29) is 25.0 Å². The van der Waals surface area contributed by atoms with Gasteiger partial charge in [-0.25, -0.2) is 0 Å². The molecule has 0 radical (unpaired) electrons. The van der Waals surface area contributed by atoms with Gasteiger partial charge in [0.1, 0.15) is 13.2 Å². The van der Waals surface area contributed by atoms with Crippen molar-refractivity contribution in [3.8, 4) is 11.5 Å². The minimum atomic E-state index is -0.490. The molecule has 3 rings (SSSR count). The molecule has 2 aromatic rings. The van der Waals surface area contributed by atoms with Crippen LogP contribution in [0.1, 0.15) is 18.5 Å². The van der Waals surface area contributed by atoms with E-state index in [4.69, 9.17) is 15.2 Å². The Hall–Kier alpha value is -2.58. The summed E-state index contributed by atoms with van der Waals surface area (Å²) in [5.74, 6) is 0.457. The van der Waals surface area contributed by atoms with Crippen LogP contribution in [0.2, 0.25) is 0 Å². The van der Waals surface area contributed by atoms with E-state index in [1.54, 1.807) is 17.0 Å². The zero-order valence-corrected chi connectivity index (χ0v) is 17.1. The molecule has 1 aliphatic heterocycles. The maximum absolute atomic E-state index is 12.7. The number of carbonyl (C=O) groups is 2. The fourth-order valence-electron chi connectivity index (χ4n) is 3.01. The second-order valence-corrected chi connectivity index (χ2v) is 7.34. The maximum atomic E-state index is 12.7. The highest BCUT2D eigenvalue weighted by atomic mass is 79.9. The highest BCUT2D eigenvalue weighted by Gasteiger charge is 2.22. The molecule has 8 heteroatoms. The number of fused-ring (bicyclic) bond motifs is 1. The molecule has 0 aliphatic carbocycles. The third-order valence-electron chi connectivity index (χ3n) is 4.44. The van der Waals surface area contributed by atoms with E-state index in [9.17, 15) is 9.59 Å². The van der Waals surface area contributed by atoms with Gasteiger partial charge in [-0.2, -0.15) is 0 Å². The smallest absolute Gasteiger partial charge is 0.238 e. The molecule has 2 amide bonds. The summed E-state index contributed by atoms with van der Waals surface area (Å²) in [6.07, 6.45) is 0. The van der Waals surface area contributed by atoms with Gasteiger partial charge in [0.15, 0.2) is 11.5 Å². The molecule has 0 aromatic heterocycles. The SMILES string of the molecule is C[C@H](c1ccccc1)N(CC(N)=O)CC(=O)Nc1cc2c(cc1Br)OCCO2. The molecule has 0 saturated heterocycles. The quantitative estimate of drug-likeness (QED) is 0.680. The Labute approximate surface area is 171 Å². The summed E-state index contributed by atoms with van der Waals surface area (Å²) >= 11 is 3.44.